The van der Waals surface area contributed by atoms with Crippen molar-refractivity contribution in [3.05, 3.63) is 35.4 Å². The Bertz CT molecular complexity index is 369. The molecular formula is C16H26N2O. The number of nitrogens with zero attached hydrogens (tertiary/aromatic N) is 1. The molecule has 0 aliphatic carbocycles. The first-order chi connectivity index (χ1) is 9.22. The highest BCUT2D eigenvalue weighted by atomic mass is 16.3. The van der Waals surface area contributed by atoms with Crippen molar-refractivity contribution in [3.8, 4) is 0 Å². The first kappa shape index (κ1) is 14.5. The maximum atomic E-state index is 9.33. The Kier molecular flexibility index (Phi) is 5.37. The highest BCUT2D eigenvalue weighted by Gasteiger charge is 2.21. The van der Waals surface area contributed by atoms with Crippen LogP contribution in [0.2, 0.25) is 0 Å². The molecule has 0 spiro atoms. The summed E-state index contributed by atoms with van der Waals surface area (Å²) in [4.78, 5) is 2.48. The molecule has 106 valence electrons. The topological polar surface area (TPSA) is 35.5 Å². The summed E-state index contributed by atoms with van der Waals surface area (Å²) in [6.45, 7) is 8.92. The molecule has 2 N–H and O–H groups in total. The van der Waals surface area contributed by atoms with Crippen LogP contribution in [0.15, 0.2) is 24.3 Å². The van der Waals surface area contributed by atoms with E-state index < -0.39 is 0 Å². The van der Waals surface area contributed by atoms with Crippen LogP contribution in [0.3, 0.4) is 0 Å². The average molecular weight is 262 g/mol. The van der Waals surface area contributed by atoms with E-state index >= 15 is 0 Å². The molecule has 1 aliphatic heterocycles. The Balaban J connectivity index is 2.13. The summed E-state index contributed by atoms with van der Waals surface area (Å²) in [5.41, 5.74) is 2.71. The van der Waals surface area contributed by atoms with E-state index in [2.05, 4.69) is 48.3 Å². The molecular weight excluding hydrogens is 236 g/mol. The van der Waals surface area contributed by atoms with Crippen molar-refractivity contribution in [2.75, 3.05) is 32.8 Å². The van der Waals surface area contributed by atoms with Crippen LogP contribution in [-0.2, 0) is 0 Å². The summed E-state index contributed by atoms with van der Waals surface area (Å²) in [5.74, 6) is 0.574. The summed E-state index contributed by atoms with van der Waals surface area (Å²) in [5, 5.41) is 12.7. The van der Waals surface area contributed by atoms with Gasteiger partial charge in [-0.15, -0.1) is 0 Å². The van der Waals surface area contributed by atoms with Gasteiger partial charge in [0.1, 0.15) is 0 Å². The second-order valence-electron chi connectivity index (χ2n) is 5.64. The molecule has 1 aliphatic rings. The van der Waals surface area contributed by atoms with Gasteiger partial charge < -0.3 is 10.4 Å². The molecule has 3 nitrogen and oxygen atoms in total. The van der Waals surface area contributed by atoms with E-state index in [0.29, 0.717) is 12.0 Å². The van der Waals surface area contributed by atoms with Gasteiger partial charge in [0.25, 0.3) is 0 Å². The molecule has 0 amide bonds. The lowest BCUT2D eigenvalue weighted by Gasteiger charge is -2.35. The average Bonchev–Trinajstić information content (AvgIpc) is 2.46. The van der Waals surface area contributed by atoms with Gasteiger partial charge in [-0.1, -0.05) is 38.1 Å². The minimum Gasteiger partial charge on any atom is -0.396 e. The lowest BCUT2D eigenvalue weighted by molar-refractivity contribution is 0.141. The van der Waals surface area contributed by atoms with E-state index in [9.17, 15) is 5.11 Å². The normalized spacial score (nSPS) is 18.7. The SMILES string of the molecule is CC(C)c1ccc(C(CCO)N2CCNCC2)cc1. The van der Waals surface area contributed by atoms with E-state index in [1.165, 1.54) is 11.1 Å². The Morgan fingerprint density at radius 1 is 1.11 bits per heavy atom. The Morgan fingerprint density at radius 3 is 2.21 bits per heavy atom. The van der Waals surface area contributed by atoms with Crippen LogP contribution >= 0.6 is 0 Å². The molecule has 19 heavy (non-hydrogen) atoms. The van der Waals surface area contributed by atoms with Crippen molar-refractivity contribution in [1.82, 2.24) is 10.2 Å². The Morgan fingerprint density at radius 2 is 1.68 bits per heavy atom. The highest BCUT2D eigenvalue weighted by molar-refractivity contribution is 5.27. The van der Waals surface area contributed by atoms with Gasteiger partial charge >= 0.3 is 0 Å². The lowest BCUT2D eigenvalue weighted by atomic mass is 9.96. The van der Waals surface area contributed by atoms with Crippen molar-refractivity contribution < 1.29 is 5.11 Å². The quantitative estimate of drug-likeness (QED) is 0.853. The van der Waals surface area contributed by atoms with Gasteiger partial charge in [0, 0.05) is 38.8 Å². The van der Waals surface area contributed by atoms with Crippen LogP contribution in [0.1, 0.15) is 43.4 Å². The molecule has 1 unspecified atom stereocenters. The fraction of sp³-hybridized carbons (Fsp3) is 0.625. The molecule has 1 aromatic carbocycles. The molecule has 0 bridgehead atoms. The predicted molar refractivity (Wildman–Crippen MR) is 79.4 cm³/mol. The van der Waals surface area contributed by atoms with Gasteiger partial charge in [0.2, 0.25) is 0 Å². The third-order valence-corrected chi connectivity index (χ3v) is 3.98. The standard InChI is InChI=1S/C16H26N2O/c1-13(2)14-3-5-15(6-4-14)16(7-12-19)18-10-8-17-9-11-18/h3-6,13,16-17,19H,7-12H2,1-2H3. The van der Waals surface area contributed by atoms with Crippen LogP contribution in [-0.4, -0.2) is 42.8 Å². The lowest BCUT2D eigenvalue weighted by Crippen LogP contribution is -2.45. The van der Waals surface area contributed by atoms with E-state index in [4.69, 9.17) is 0 Å². The molecule has 1 aromatic rings. The van der Waals surface area contributed by atoms with Gasteiger partial charge in [-0.3, -0.25) is 4.90 Å². The number of hydrogen-bond donors (Lipinski definition) is 2. The van der Waals surface area contributed by atoms with E-state index in [1.54, 1.807) is 0 Å². The smallest absolute Gasteiger partial charge is 0.0449 e. The van der Waals surface area contributed by atoms with E-state index in [-0.39, 0.29) is 6.61 Å². The molecule has 1 saturated heterocycles. The van der Waals surface area contributed by atoms with E-state index in [0.717, 1.165) is 32.6 Å². The van der Waals surface area contributed by atoms with Crippen molar-refractivity contribution in [3.63, 3.8) is 0 Å². The van der Waals surface area contributed by atoms with E-state index in [1.807, 2.05) is 0 Å². The number of aliphatic hydroxyl groups is 1. The van der Waals surface area contributed by atoms with Gasteiger partial charge in [-0.05, 0) is 23.5 Å². The second-order valence-corrected chi connectivity index (χ2v) is 5.64. The predicted octanol–water partition coefficient (Wildman–Crippen LogP) is 2.14. The molecule has 3 heteroatoms. The summed E-state index contributed by atoms with van der Waals surface area (Å²) >= 11 is 0. The number of hydrogen-bond acceptors (Lipinski definition) is 3. The first-order valence-electron chi connectivity index (χ1n) is 7.38. The molecule has 0 radical (unpaired) electrons. The van der Waals surface area contributed by atoms with Gasteiger partial charge in [-0.2, -0.15) is 0 Å². The summed E-state index contributed by atoms with van der Waals surface area (Å²) < 4.78 is 0. The second kappa shape index (κ2) is 7.04. The van der Waals surface area contributed by atoms with Crippen LogP contribution in [0.25, 0.3) is 0 Å². The largest absolute Gasteiger partial charge is 0.396 e. The number of nitrogens with one attached hydrogen (secondary N) is 1. The minimum absolute atomic E-state index is 0.251. The maximum absolute atomic E-state index is 9.33. The first-order valence-corrected chi connectivity index (χ1v) is 7.38. The summed E-state index contributed by atoms with van der Waals surface area (Å²) in [6, 6.07) is 9.28. The monoisotopic (exact) mass is 262 g/mol. The minimum atomic E-state index is 0.251. The summed E-state index contributed by atoms with van der Waals surface area (Å²) in [7, 11) is 0. The van der Waals surface area contributed by atoms with Gasteiger partial charge in [-0.25, -0.2) is 0 Å². The van der Waals surface area contributed by atoms with Gasteiger partial charge in [0.15, 0.2) is 0 Å². The zero-order valence-electron chi connectivity index (χ0n) is 12.1. The van der Waals surface area contributed by atoms with Crippen LogP contribution in [0, 0.1) is 0 Å². The third kappa shape index (κ3) is 3.78. The number of piperazine rings is 1. The van der Waals surface area contributed by atoms with Crippen molar-refractivity contribution in [1.29, 1.82) is 0 Å². The fourth-order valence-corrected chi connectivity index (χ4v) is 2.78. The molecule has 0 aromatic heterocycles. The highest BCUT2D eigenvalue weighted by Crippen LogP contribution is 2.26. The zero-order valence-corrected chi connectivity index (χ0v) is 12.1. The molecule has 2 rings (SSSR count). The maximum Gasteiger partial charge on any atom is 0.0449 e. The van der Waals surface area contributed by atoms with Crippen LogP contribution < -0.4 is 5.32 Å². The fourth-order valence-electron chi connectivity index (χ4n) is 2.78. The van der Waals surface area contributed by atoms with Gasteiger partial charge in [0.05, 0.1) is 0 Å². The molecule has 1 fully saturated rings. The number of aliphatic hydroxyl groups excluding tert-OH is 1. The van der Waals surface area contributed by atoms with Crippen molar-refractivity contribution in [2.24, 2.45) is 0 Å². The van der Waals surface area contributed by atoms with Crippen molar-refractivity contribution in [2.45, 2.75) is 32.2 Å². The Hall–Kier alpha value is -0.900. The number of rotatable bonds is 5. The number of benzene rings is 1. The molecule has 0 saturated carbocycles. The van der Waals surface area contributed by atoms with Crippen LogP contribution in [0.5, 0.6) is 0 Å². The Labute approximate surface area is 116 Å². The third-order valence-electron chi connectivity index (χ3n) is 3.98. The van der Waals surface area contributed by atoms with Crippen molar-refractivity contribution >= 4 is 0 Å². The zero-order chi connectivity index (χ0) is 13.7. The van der Waals surface area contributed by atoms with Crippen LogP contribution in [0.4, 0.5) is 0 Å². The molecule has 1 atom stereocenters. The summed E-state index contributed by atoms with van der Waals surface area (Å²) in [6.07, 6.45) is 0.820. The molecule has 1 heterocycles.